The first-order chi connectivity index (χ1) is 16.7. The van der Waals surface area contributed by atoms with Gasteiger partial charge >= 0.3 is 12.2 Å². The molecule has 3 aromatic rings. The van der Waals surface area contributed by atoms with E-state index in [2.05, 4.69) is 21.0 Å². The van der Waals surface area contributed by atoms with Crippen molar-refractivity contribution in [2.24, 2.45) is 0 Å². The van der Waals surface area contributed by atoms with E-state index in [1.165, 1.54) is 24.4 Å². The molecule has 0 saturated heterocycles. The Morgan fingerprint density at radius 3 is 2.54 bits per heavy atom. The number of benzene rings is 2. The van der Waals surface area contributed by atoms with Crippen LogP contribution in [0.3, 0.4) is 0 Å². The minimum Gasteiger partial charge on any atom is -0.436 e. The molecule has 1 N–H and O–H groups in total. The van der Waals surface area contributed by atoms with E-state index in [4.69, 9.17) is 22.8 Å². The van der Waals surface area contributed by atoms with E-state index in [0.29, 0.717) is 23.2 Å². The monoisotopic (exact) mass is 502 g/mol. The number of hydrogen-bond donors (Lipinski definition) is 1. The predicted octanol–water partition coefficient (Wildman–Crippen LogP) is 5.91. The minimum atomic E-state index is -4.06. The van der Waals surface area contributed by atoms with Gasteiger partial charge in [-0.1, -0.05) is 60.0 Å². The molecule has 1 amide bonds. The summed E-state index contributed by atoms with van der Waals surface area (Å²) in [6.07, 6.45) is -0.715. The summed E-state index contributed by atoms with van der Waals surface area (Å²) in [5.74, 6) is 1.91. The average molecular weight is 503 g/mol. The number of nitrogens with zero attached hydrogens (tertiary/aromatic N) is 1. The van der Waals surface area contributed by atoms with Crippen molar-refractivity contribution in [2.75, 3.05) is 6.61 Å². The highest BCUT2D eigenvalue weighted by Gasteiger charge is 2.42. The lowest BCUT2D eigenvalue weighted by atomic mass is 9.80. The first-order valence-electron chi connectivity index (χ1n) is 10.5. The third-order valence-corrected chi connectivity index (χ3v) is 5.35. The zero-order valence-electron chi connectivity index (χ0n) is 18.7. The molecule has 2 atom stereocenters. The Hall–Kier alpha value is -3.70. The molecule has 0 saturated carbocycles. The minimum absolute atomic E-state index is 0.146. The van der Waals surface area contributed by atoms with Gasteiger partial charge in [0.05, 0.1) is 10.7 Å². The van der Waals surface area contributed by atoms with Gasteiger partial charge in [0.25, 0.3) is 0 Å². The molecule has 0 fully saturated rings. The van der Waals surface area contributed by atoms with Crippen LogP contribution >= 0.6 is 11.6 Å². The van der Waals surface area contributed by atoms with Gasteiger partial charge in [0.1, 0.15) is 11.3 Å². The lowest BCUT2D eigenvalue weighted by molar-refractivity contribution is -0.215. The third kappa shape index (κ3) is 6.46. The summed E-state index contributed by atoms with van der Waals surface area (Å²) < 4.78 is 51.1. The van der Waals surface area contributed by atoms with Crippen molar-refractivity contribution in [3.8, 4) is 18.1 Å². The molecule has 0 aliphatic carbocycles. The summed E-state index contributed by atoms with van der Waals surface area (Å²) in [6, 6.07) is 17.9. The molecule has 1 aromatic heterocycles. The molecule has 3 rings (SSSR count). The van der Waals surface area contributed by atoms with E-state index >= 15 is 0 Å². The Bertz CT molecular complexity index is 1180. The van der Waals surface area contributed by atoms with Crippen LogP contribution in [0.1, 0.15) is 23.7 Å². The van der Waals surface area contributed by atoms with E-state index in [1.54, 1.807) is 18.2 Å². The summed E-state index contributed by atoms with van der Waals surface area (Å²) in [6.45, 7) is 0.412. The Labute approximate surface area is 206 Å². The zero-order chi connectivity index (χ0) is 25.5. The second-order valence-corrected chi connectivity index (χ2v) is 8.08. The Morgan fingerprint density at radius 1 is 1.17 bits per heavy atom. The van der Waals surface area contributed by atoms with E-state index < -0.39 is 23.9 Å². The summed E-state index contributed by atoms with van der Waals surface area (Å²) in [7, 11) is 0. The van der Waals surface area contributed by atoms with Crippen LogP contribution in [0.15, 0.2) is 72.9 Å². The number of nitrogens with one attached hydrogen (secondary N) is 1. The molecule has 5 nitrogen and oxygen atoms in total. The van der Waals surface area contributed by atoms with E-state index in [-0.39, 0.29) is 18.8 Å². The summed E-state index contributed by atoms with van der Waals surface area (Å²) in [5.41, 5.74) is 0.0310. The number of carbonyl (C=O) groups excluding carboxylic acids is 1. The summed E-state index contributed by atoms with van der Waals surface area (Å²) >= 11 is 6.03. The van der Waals surface area contributed by atoms with Gasteiger partial charge in [0.2, 0.25) is 6.17 Å². The molecule has 0 radical (unpaired) electrons. The lowest BCUT2D eigenvalue weighted by Gasteiger charge is -2.35. The highest BCUT2D eigenvalue weighted by molar-refractivity contribution is 6.30. The van der Waals surface area contributed by atoms with E-state index in [0.717, 1.165) is 5.56 Å². The van der Waals surface area contributed by atoms with Crippen LogP contribution < -0.4 is 10.1 Å². The second-order valence-electron chi connectivity index (χ2n) is 7.64. The number of ether oxygens (including phenoxy) is 2. The van der Waals surface area contributed by atoms with Crippen LogP contribution in [0, 0.1) is 12.3 Å². The van der Waals surface area contributed by atoms with E-state index in [1.807, 2.05) is 30.3 Å². The zero-order valence-corrected chi connectivity index (χ0v) is 19.4. The van der Waals surface area contributed by atoms with Gasteiger partial charge in [0.15, 0.2) is 6.61 Å². The SMILES string of the molecule is C#CCOC(=O)N[C@](Cc1ccccc1)(c1cccc(OC(F)(F)C(C)F)c1)c1ccc(Cl)cn1. The Morgan fingerprint density at radius 2 is 1.91 bits per heavy atom. The topological polar surface area (TPSA) is 60.5 Å². The van der Waals surface area contributed by atoms with Crippen LogP contribution in [0.25, 0.3) is 0 Å². The number of alkyl carbamates (subject to hydrolysis) is 1. The van der Waals surface area contributed by atoms with Crippen molar-refractivity contribution in [2.45, 2.75) is 31.2 Å². The standard InChI is InChI=1S/C26H22ClF3N2O3/c1-3-14-34-24(33)32-25(16-19-8-5-4-6-9-19,23-13-12-21(27)17-31-23)20-10-7-11-22(15-20)35-26(29,30)18(2)28/h1,4-13,15,17-18H,14,16H2,2H3,(H,32,33)/t18?,25-/m1/s1. The molecule has 0 spiro atoms. The molecule has 35 heavy (non-hydrogen) atoms. The number of hydrogen-bond acceptors (Lipinski definition) is 4. The van der Waals surface area contributed by atoms with Crippen LogP contribution in [0.5, 0.6) is 5.75 Å². The maximum absolute atomic E-state index is 14.0. The smallest absolute Gasteiger partial charge is 0.429 e. The van der Waals surface area contributed by atoms with Gasteiger partial charge in [-0.2, -0.15) is 8.78 Å². The molecule has 0 bridgehead atoms. The molecule has 1 unspecified atom stereocenters. The van der Waals surface area contributed by atoms with Gasteiger partial charge in [-0.25, -0.2) is 9.18 Å². The molecule has 0 aliphatic rings. The first kappa shape index (κ1) is 25.9. The fraction of sp³-hybridized carbons (Fsp3) is 0.231. The number of amides is 1. The highest BCUT2D eigenvalue weighted by Crippen LogP contribution is 2.36. The molecule has 9 heteroatoms. The van der Waals surface area contributed by atoms with Gasteiger partial charge in [0, 0.05) is 12.6 Å². The molecule has 1 heterocycles. The second kappa shape index (κ2) is 11.2. The number of aromatic nitrogens is 1. The Balaban J connectivity index is 2.18. The highest BCUT2D eigenvalue weighted by atomic mass is 35.5. The number of alkyl halides is 3. The average Bonchev–Trinajstić information content (AvgIpc) is 2.83. The number of rotatable bonds is 9. The fourth-order valence-corrected chi connectivity index (χ4v) is 3.54. The third-order valence-electron chi connectivity index (χ3n) is 5.12. The predicted molar refractivity (Wildman–Crippen MR) is 126 cm³/mol. The quantitative estimate of drug-likeness (QED) is 0.369. The number of terminal acetylenes is 1. The van der Waals surface area contributed by atoms with Crippen LogP contribution in [-0.2, 0) is 16.7 Å². The lowest BCUT2D eigenvalue weighted by Crippen LogP contribution is -2.49. The van der Waals surface area contributed by atoms with Crippen LogP contribution in [-0.4, -0.2) is 30.0 Å². The molecular formula is C26H22ClF3N2O3. The van der Waals surface area contributed by atoms with Crippen LogP contribution in [0.2, 0.25) is 5.02 Å². The maximum atomic E-state index is 14.0. The van der Waals surface area contributed by atoms with Crippen molar-refractivity contribution in [1.82, 2.24) is 10.3 Å². The van der Waals surface area contributed by atoms with Crippen molar-refractivity contribution in [3.05, 3.63) is 94.8 Å². The normalized spacial score (nSPS) is 13.7. The summed E-state index contributed by atoms with van der Waals surface area (Å²) in [4.78, 5) is 17.1. The van der Waals surface area contributed by atoms with Crippen molar-refractivity contribution >= 4 is 17.7 Å². The molecule has 0 aliphatic heterocycles. The van der Waals surface area contributed by atoms with Gasteiger partial charge in [-0.15, -0.1) is 6.42 Å². The summed E-state index contributed by atoms with van der Waals surface area (Å²) in [5, 5.41) is 3.15. The fourth-order valence-electron chi connectivity index (χ4n) is 3.43. The van der Waals surface area contributed by atoms with Crippen molar-refractivity contribution in [1.29, 1.82) is 0 Å². The van der Waals surface area contributed by atoms with Crippen molar-refractivity contribution in [3.63, 3.8) is 0 Å². The molecule has 182 valence electrons. The Kier molecular flexibility index (Phi) is 8.26. The molecular weight excluding hydrogens is 481 g/mol. The van der Waals surface area contributed by atoms with Crippen LogP contribution in [0.4, 0.5) is 18.0 Å². The maximum Gasteiger partial charge on any atom is 0.429 e. The number of halogens is 4. The first-order valence-corrected chi connectivity index (χ1v) is 10.9. The number of pyridine rings is 1. The van der Waals surface area contributed by atoms with Gasteiger partial charge < -0.3 is 14.8 Å². The van der Waals surface area contributed by atoms with E-state index in [9.17, 15) is 18.0 Å². The van der Waals surface area contributed by atoms with Crippen molar-refractivity contribution < 1.29 is 27.4 Å². The largest absolute Gasteiger partial charge is 0.436 e. The molecule has 2 aromatic carbocycles. The van der Waals surface area contributed by atoms with Gasteiger partial charge in [-0.05, 0) is 42.3 Å². The number of carbonyl (C=O) groups is 1. The van der Waals surface area contributed by atoms with Gasteiger partial charge in [-0.3, -0.25) is 4.98 Å².